The molecule has 0 spiro atoms. The second-order valence-corrected chi connectivity index (χ2v) is 4.45. The minimum atomic E-state index is -0.496. The summed E-state index contributed by atoms with van der Waals surface area (Å²) in [5.41, 5.74) is 7.47. The van der Waals surface area contributed by atoms with Crippen molar-refractivity contribution in [2.75, 3.05) is 5.73 Å². The molecule has 0 radical (unpaired) electrons. The number of anilines is 1. The first-order valence-electron chi connectivity index (χ1n) is 5.51. The maximum Gasteiger partial charge on any atom is 0.274 e. The van der Waals surface area contributed by atoms with Gasteiger partial charge in [-0.15, -0.1) is 0 Å². The number of nitrogens with two attached hydrogens (primary N) is 1. The van der Waals surface area contributed by atoms with Crippen molar-refractivity contribution >= 4 is 23.2 Å². The van der Waals surface area contributed by atoms with Gasteiger partial charge in [0.05, 0.1) is 16.4 Å². The van der Waals surface area contributed by atoms with Crippen molar-refractivity contribution in [3.05, 3.63) is 46.0 Å². The number of aromatic nitrogens is 2. The number of nitrogens with zero attached hydrogens (tertiary/aromatic N) is 1. The van der Waals surface area contributed by atoms with Crippen LogP contribution in [0.4, 0.5) is 10.1 Å². The summed E-state index contributed by atoms with van der Waals surface area (Å²) in [4.78, 5) is 11.8. The Morgan fingerprint density at radius 2 is 2.32 bits per heavy atom. The highest BCUT2D eigenvalue weighted by Gasteiger charge is 2.14. The number of halogens is 2. The molecule has 0 aliphatic carbocycles. The summed E-state index contributed by atoms with van der Waals surface area (Å²) in [6.45, 7) is 1.93. The van der Waals surface area contributed by atoms with Gasteiger partial charge in [0.2, 0.25) is 0 Å². The molecule has 0 bridgehead atoms. The van der Waals surface area contributed by atoms with E-state index in [1.165, 1.54) is 12.1 Å². The van der Waals surface area contributed by atoms with Gasteiger partial charge in [-0.2, -0.15) is 5.10 Å². The lowest BCUT2D eigenvalue weighted by Crippen LogP contribution is -2.24. The molecule has 2 aromatic rings. The van der Waals surface area contributed by atoms with E-state index in [0.29, 0.717) is 16.9 Å². The number of nitrogens with one attached hydrogen (secondary N) is 2. The second kappa shape index (κ2) is 5.27. The third kappa shape index (κ3) is 2.85. The number of amides is 1. The lowest BCUT2D eigenvalue weighted by Gasteiger charge is -2.05. The number of hydrogen-bond donors (Lipinski definition) is 3. The Morgan fingerprint density at radius 3 is 2.89 bits per heavy atom. The zero-order chi connectivity index (χ0) is 14.0. The smallest absolute Gasteiger partial charge is 0.274 e. The van der Waals surface area contributed by atoms with Crippen LogP contribution in [0, 0.1) is 12.7 Å². The van der Waals surface area contributed by atoms with Crippen LogP contribution in [0.25, 0.3) is 0 Å². The molecular weight excluding hydrogens is 271 g/mol. The summed E-state index contributed by atoms with van der Waals surface area (Å²) in [6, 6.07) is 4.24. The Kier molecular flexibility index (Phi) is 3.71. The fraction of sp³-hybridized carbons (Fsp3) is 0.167. The molecule has 0 atom stereocenters. The first kappa shape index (κ1) is 13.4. The molecule has 19 heavy (non-hydrogen) atoms. The van der Waals surface area contributed by atoms with E-state index in [1.54, 1.807) is 13.0 Å². The molecular formula is C12H12ClFN4O. The minimum absolute atomic E-state index is 0.0156. The number of carbonyl (C=O) groups is 1. The van der Waals surface area contributed by atoms with Crippen LogP contribution < -0.4 is 11.1 Å². The van der Waals surface area contributed by atoms with Crippen LogP contribution in [0.5, 0.6) is 0 Å². The normalized spacial score (nSPS) is 10.5. The van der Waals surface area contributed by atoms with Crippen molar-refractivity contribution in [1.29, 1.82) is 0 Å². The Bertz CT molecular complexity index is 626. The van der Waals surface area contributed by atoms with Gasteiger partial charge in [-0.05, 0) is 24.6 Å². The number of benzene rings is 1. The molecule has 1 aromatic heterocycles. The zero-order valence-electron chi connectivity index (χ0n) is 10.1. The summed E-state index contributed by atoms with van der Waals surface area (Å²) in [5.74, 6) is -0.897. The van der Waals surface area contributed by atoms with Crippen molar-refractivity contribution in [2.24, 2.45) is 0 Å². The third-order valence-electron chi connectivity index (χ3n) is 2.65. The van der Waals surface area contributed by atoms with Gasteiger partial charge in [-0.1, -0.05) is 17.7 Å². The number of H-pyrrole nitrogens is 1. The van der Waals surface area contributed by atoms with E-state index in [-0.39, 0.29) is 17.3 Å². The maximum atomic E-state index is 13.0. The standard InChI is InChI=1S/C12H12ClFN4O/c1-6-10(15)11(18-17-6)12(19)16-5-7-2-3-9(14)8(13)4-7/h2-4H,5,15H2,1H3,(H,16,19)(H,17,18). The molecule has 0 fully saturated rings. The van der Waals surface area contributed by atoms with Crippen LogP contribution in [0.15, 0.2) is 18.2 Å². The van der Waals surface area contributed by atoms with Crippen LogP contribution in [-0.4, -0.2) is 16.1 Å². The minimum Gasteiger partial charge on any atom is -0.395 e. The van der Waals surface area contributed by atoms with Crippen LogP contribution in [0.2, 0.25) is 5.02 Å². The molecule has 1 heterocycles. The van der Waals surface area contributed by atoms with Crippen LogP contribution >= 0.6 is 11.6 Å². The van der Waals surface area contributed by atoms with Crippen LogP contribution in [0.1, 0.15) is 21.7 Å². The number of carbonyl (C=O) groups excluding carboxylic acids is 1. The SMILES string of the molecule is Cc1[nH]nc(C(=O)NCc2ccc(F)c(Cl)c2)c1N. The highest BCUT2D eigenvalue weighted by Crippen LogP contribution is 2.16. The average Bonchev–Trinajstić information content (AvgIpc) is 2.71. The summed E-state index contributed by atoms with van der Waals surface area (Å²) < 4.78 is 13.0. The number of aromatic amines is 1. The average molecular weight is 283 g/mol. The van der Waals surface area contributed by atoms with Gasteiger partial charge in [0.25, 0.3) is 5.91 Å². The molecule has 5 nitrogen and oxygen atoms in total. The molecule has 1 amide bonds. The molecule has 4 N–H and O–H groups in total. The Morgan fingerprint density at radius 1 is 1.58 bits per heavy atom. The Hall–Kier alpha value is -2.08. The van der Waals surface area contributed by atoms with E-state index < -0.39 is 11.7 Å². The lowest BCUT2D eigenvalue weighted by molar-refractivity contribution is 0.0947. The van der Waals surface area contributed by atoms with E-state index in [0.717, 1.165) is 0 Å². The van der Waals surface area contributed by atoms with Crippen molar-refractivity contribution in [2.45, 2.75) is 13.5 Å². The lowest BCUT2D eigenvalue weighted by atomic mass is 10.2. The number of rotatable bonds is 3. The van der Waals surface area contributed by atoms with Crippen molar-refractivity contribution in [3.8, 4) is 0 Å². The summed E-state index contributed by atoms with van der Waals surface area (Å²) in [6.07, 6.45) is 0. The molecule has 0 unspecified atom stereocenters. The van der Waals surface area contributed by atoms with E-state index in [4.69, 9.17) is 17.3 Å². The molecule has 7 heteroatoms. The number of hydrogen-bond acceptors (Lipinski definition) is 3. The van der Waals surface area contributed by atoms with Crippen molar-refractivity contribution < 1.29 is 9.18 Å². The van der Waals surface area contributed by atoms with E-state index >= 15 is 0 Å². The summed E-state index contributed by atoms with van der Waals surface area (Å²) >= 11 is 5.65. The number of nitrogen functional groups attached to an aromatic ring is 1. The highest BCUT2D eigenvalue weighted by atomic mass is 35.5. The first-order valence-corrected chi connectivity index (χ1v) is 5.89. The Labute approximate surface area is 114 Å². The molecule has 0 aliphatic heterocycles. The molecule has 0 saturated carbocycles. The topological polar surface area (TPSA) is 83.8 Å². The van der Waals surface area contributed by atoms with Gasteiger partial charge in [0.1, 0.15) is 5.82 Å². The molecule has 1 aromatic carbocycles. The van der Waals surface area contributed by atoms with Gasteiger partial charge < -0.3 is 11.1 Å². The first-order chi connectivity index (χ1) is 8.99. The monoisotopic (exact) mass is 282 g/mol. The third-order valence-corrected chi connectivity index (χ3v) is 2.94. The molecule has 2 rings (SSSR count). The molecule has 100 valence electrons. The van der Waals surface area contributed by atoms with Crippen molar-refractivity contribution in [3.63, 3.8) is 0 Å². The maximum absolute atomic E-state index is 13.0. The quantitative estimate of drug-likeness (QED) is 0.805. The van der Waals surface area contributed by atoms with Crippen LogP contribution in [0.3, 0.4) is 0 Å². The van der Waals surface area contributed by atoms with Gasteiger partial charge in [0.15, 0.2) is 5.69 Å². The summed E-state index contributed by atoms with van der Waals surface area (Å²) in [5, 5.41) is 9.09. The molecule has 0 aliphatic rings. The zero-order valence-corrected chi connectivity index (χ0v) is 10.9. The van der Waals surface area contributed by atoms with Crippen molar-refractivity contribution in [1.82, 2.24) is 15.5 Å². The van der Waals surface area contributed by atoms with Gasteiger partial charge >= 0.3 is 0 Å². The predicted octanol–water partition coefficient (Wildman–Crippen LogP) is 2.02. The number of aryl methyl sites for hydroxylation is 1. The highest BCUT2D eigenvalue weighted by molar-refractivity contribution is 6.30. The van der Waals surface area contributed by atoms with E-state index in [9.17, 15) is 9.18 Å². The fourth-order valence-corrected chi connectivity index (χ4v) is 1.73. The van der Waals surface area contributed by atoms with Gasteiger partial charge in [-0.25, -0.2) is 4.39 Å². The largest absolute Gasteiger partial charge is 0.395 e. The van der Waals surface area contributed by atoms with E-state index in [2.05, 4.69) is 15.5 Å². The van der Waals surface area contributed by atoms with Gasteiger partial charge in [0, 0.05) is 6.54 Å². The van der Waals surface area contributed by atoms with E-state index in [1.807, 2.05) is 0 Å². The van der Waals surface area contributed by atoms with Gasteiger partial charge in [-0.3, -0.25) is 9.89 Å². The summed E-state index contributed by atoms with van der Waals surface area (Å²) in [7, 11) is 0. The predicted molar refractivity (Wildman–Crippen MR) is 70.3 cm³/mol. The molecule has 0 saturated heterocycles. The second-order valence-electron chi connectivity index (χ2n) is 4.04. The Balaban J connectivity index is 2.04. The van der Waals surface area contributed by atoms with Crippen LogP contribution in [-0.2, 0) is 6.54 Å². The fourth-order valence-electron chi connectivity index (χ4n) is 1.53.